The number of hydrogen-bond donors (Lipinski definition) is 2. The van der Waals surface area contributed by atoms with Crippen LogP contribution in [0.4, 0.5) is 0 Å². The van der Waals surface area contributed by atoms with E-state index in [0.29, 0.717) is 6.54 Å². The summed E-state index contributed by atoms with van der Waals surface area (Å²) in [5, 5.41) is 13.4. The number of rotatable bonds is 5. The van der Waals surface area contributed by atoms with Crippen molar-refractivity contribution in [3.63, 3.8) is 0 Å². The lowest BCUT2D eigenvalue weighted by molar-refractivity contribution is 0.173. The van der Waals surface area contributed by atoms with Crippen LogP contribution in [0.2, 0.25) is 0 Å². The van der Waals surface area contributed by atoms with Gasteiger partial charge in [-0.25, -0.2) is 0 Å². The van der Waals surface area contributed by atoms with E-state index < -0.39 is 6.10 Å². The van der Waals surface area contributed by atoms with Crippen LogP contribution in [0.25, 0.3) is 0 Å². The van der Waals surface area contributed by atoms with Crippen LogP contribution in [0.1, 0.15) is 22.9 Å². The van der Waals surface area contributed by atoms with Crippen molar-refractivity contribution < 1.29 is 5.11 Å². The summed E-state index contributed by atoms with van der Waals surface area (Å²) < 4.78 is 2.08. The lowest BCUT2D eigenvalue weighted by atomic mass is 10.0. The summed E-state index contributed by atoms with van der Waals surface area (Å²) in [7, 11) is 2.02. The zero-order chi connectivity index (χ0) is 13.0. The van der Waals surface area contributed by atoms with Gasteiger partial charge < -0.3 is 15.0 Å². The molecule has 0 fully saturated rings. The van der Waals surface area contributed by atoms with Gasteiger partial charge >= 0.3 is 0 Å². The minimum absolute atomic E-state index is 0.452. The first-order valence-electron chi connectivity index (χ1n) is 6.23. The minimum atomic E-state index is -0.452. The fraction of sp³-hybridized carbons (Fsp3) is 0.333. The molecule has 0 bridgehead atoms. The molecule has 2 aromatic rings. The Bertz CT molecular complexity index is 505. The second-order valence-corrected chi connectivity index (χ2v) is 4.61. The Morgan fingerprint density at radius 3 is 2.67 bits per heavy atom. The molecule has 0 saturated carbocycles. The molecule has 0 aliphatic rings. The minimum Gasteiger partial charge on any atom is -0.387 e. The van der Waals surface area contributed by atoms with E-state index in [2.05, 4.69) is 16.0 Å². The maximum atomic E-state index is 10.1. The van der Waals surface area contributed by atoms with E-state index in [0.717, 1.165) is 17.7 Å². The highest BCUT2D eigenvalue weighted by Gasteiger charge is 2.09. The third-order valence-electron chi connectivity index (χ3n) is 3.24. The Kier molecular flexibility index (Phi) is 4.18. The summed E-state index contributed by atoms with van der Waals surface area (Å²) in [4.78, 5) is 0. The maximum Gasteiger partial charge on any atom is 0.0917 e. The lowest BCUT2D eigenvalue weighted by Gasteiger charge is -2.14. The zero-order valence-electron chi connectivity index (χ0n) is 10.9. The monoisotopic (exact) mass is 244 g/mol. The van der Waals surface area contributed by atoms with Gasteiger partial charge in [0.25, 0.3) is 0 Å². The van der Waals surface area contributed by atoms with Crippen molar-refractivity contribution in [2.24, 2.45) is 7.05 Å². The summed E-state index contributed by atoms with van der Waals surface area (Å²) in [6.07, 6.45) is 1.57. The fourth-order valence-corrected chi connectivity index (χ4v) is 2.09. The highest BCUT2D eigenvalue weighted by Crippen LogP contribution is 2.16. The summed E-state index contributed by atoms with van der Waals surface area (Å²) in [5.74, 6) is 0. The van der Waals surface area contributed by atoms with E-state index in [1.165, 1.54) is 5.69 Å². The average Bonchev–Trinajstić information content (AvgIpc) is 2.75. The smallest absolute Gasteiger partial charge is 0.0917 e. The van der Waals surface area contributed by atoms with Crippen molar-refractivity contribution in [3.8, 4) is 0 Å². The second kappa shape index (κ2) is 5.85. The predicted octanol–water partition coefficient (Wildman–Crippen LogP) is 2.16. The number of nitrogens with one attached hydrogen (secondary N) is 1. The van der Waals surface area contributed by atoms with E-state index in [9.17, 15) is 5.11 Å². The predicted molar refractivity (Wildman–Crippen MR) is 73.3 cm³/mol. The van der Waals surface area contributed by atoms with Crippen molar-refractivity contribution in [2.75, 3.05) is 6.54 Å². The number of benzene rings is 1. The van der Waals surface area contributed by atoms with Crippen LogP contribution in [-0.4, -0.2) is 16.2 Å². The zero-order valence-corrected chi connectivity index (χ0v) is 10.9. The quantitative estimate of drug-likeness (QED) is 0.845. The largest absolute Gasteiger partial charge is 0.387 e. The molecule has 0 radical (unpaired) electrons. The number of hydrogen-bond acceptors (Lipinski definition) is 2. The lowest BCUT2D eigenvalue weighted by Crippen LogP contribution is -2.22. The van der Waals surface area contributed by atoms with Crippen LogP contribution in [-0.2, 0) is 13.6 Å². The Hall–Kier alpha value is -1.58. The molecule has 0 aliphatic carbocycles. The highest BCUT2D eigenvalue weighted by atomic mass is 16.3. The SMILES string of the molecule is Cc1ccccc1C(O)CNCc1cccn1C. The molecule has 0 saturated heterocycles. The molecular formula is C15H20N2O. The number of aromatic nitrogens is 1. The molecular weight excluding hydrogens is 224 g/mol. The topological polar surface area (TPSA) is 37.2 Å². The van der Waals surface area contributed by atoms with E-state index in [1.807, 2.05) is 50.5 Å². The third-order valence-corrected chi connectivity index (χ3v) is 3.24. The van der Waals surface area contributed by atoms with Crippen LogP contribution in [0.15, 0.2) is 42.6 Å². The molecule has 1 atom stereocenters. The molecule has 0 amide bonds. The molecule has 96 valence electrons. The van der Waals surface area contributed by atoms with Gasteiger partial charge in [0.05, 0.1) is 6.10 Å². The van der Waals surface area contributed by atoms with Gasteiger partial charge in [0.2, 0.25) is 0 Å². The molecule has 3 nitrogen and oxygen atoms in total. The van der Waals surface area contributed by atoms with E-state index in [1.54, 1.807) is 0 Å². The van der Waals surface area contributed by atoms with Gasteiger partial charge in [-0.15, -0.1) is 0 Å². The molecule has 1 heterocycles. The van der Waals surface area contributed by atoms with Gasteiger partial charge in [-0.2, -0.15) is 0 Å². The molecule has 3 heteroatoms. The summed E-state index contributed by atoms with van der Waals surface area (Å²) >= 11 is 0. The average molecular weight is 244 g/mol. The van der Waals surface area contributed by atoms with E-state index >= 15 is 0 Å². The molecule has 2 N–H and O–H groups in total. The van der Waals surface area contributed by atoms with Crippen LogP contribution >= 0.6 is 0 Å². The van der Waals surface area contributed by atoms with Crippen LogP contribution < -0.4 is 5.32 Å². The van der Waals surface area contributed by atoms with Gasteiger partial charge in [0.1, 0.15) is 0 Å². The first kappa shape index (κ1) is 12.9. The Balaban J connectivity index is 1.87. The molecule has 0 spiro atoms. The Morgan fingerprint density at radius 2 is 2.00 bits per heavy atom. The molecule has 18 heavy (non-hydrogen) atoms. The standard InChI is InChI=1S/C15H20N2O/c1-12-6-3-4-8-14(12)15(18)11-16-10-13-7-5-9-17(13)2/h3-9,15-16,18H,10-11H2,1-2H3. The first-order chi connectivity index (χ1) is 8.68. The summed E-state index contributed by atoms with van der Waals surface area (Å²) in [6.45, 7) is 3.36. The maximum absolute atomic E-state index is 10.1. The first-order valence-corrected chi connectivity index (χ1v) is 6.23. The van der Waals surface area contributed by atoms with Crippen molar-refractivity contribution >= 4 is 0 Å². The van der Waals surface area contributed by atoms with Gasteiger partial charge in [-0.3, -0.25) is 0 Å². The molecule has 2 rings (SSSR count). The highest BCUT2D eigenvalue weighted by molar-refractivity contribution is 5.27. The van der Waals surface area contributed by atoms with Crippen LogP contribution in [0.3, 0.4) is 0 Å². The van der Waals surface area contributed by atoms with Crippen molar-refractivity contribution in [1.29, 1.82) is 0 Å². The van der Waals surface area contributed by atoms with Crippen molar-refractivity contribution in [3.05, 3.63) is 59.4 Å². The van der Waals surface area contributed by atoms with Crippen LogP contribution in [0.5, 0.6) is 0 Å². The normalized spacial score (nSPS) is 12.6. The van der Waals surface area contributed by atoms with Crippen molar-refractivity contribution in [2.45, 2.75) is 19.6 Å². The molecule has 0 aliphatic heterocycles. The summed E-state index contributed by atoms with van der Waals surface area (Å²) in [6, 6.07) is 12.0. The second-order valence-electron chi connectivity index (χ2n) is 4.61. The number of aliphatic hydroxyl groups is 1. The molecule has 1 aromatic heterocycles. The van der Waals surface area contributed by atoms with Gasteiger partial charge in [0.15, 0.2) is 0 Å². The third kappa shape index (κ3) is 3.00. The number of aryl methyl sites for hydroxylation is 2. The van der Waals surface area contributed by atoms with Crippen LogP contribution in [0, 0.1) is 6.92 Å². The molecule has 1 aromatic carbocycles. The van der Waals surface area contributed by atoms with Crippen molar-refractivity contribution in [1.82, 2.24) is 9.88 Å². The number of nitrogens with zero attached hydrogens (tertiary/aromatic N) is 1. The van der Waals surface area contributed by atoms with Gasteiger partial charge in [-0.1, -0.05) is 24.3 Å². The van der Waals surface area contributed by atoms with E-state index in [-0.39, 0.29) is 0 Å². The van der Waals surface area contributed by atoms with Gasteiger partial charge in [-0.05, 0) is 30.2 Å². The summed E-state index contributed by atoms with van der Waals surface area (Å²) in [5.41, 5.74) is 3.34. The number of aliphatic hydroxyl groups excluding tert-OH is 1. The molecule has 1 unspecified atom stereocenters. The fourth-order valence-electron chi connectivity index (χ4n) is 2.09. The Labute approximate surface area is 108 Å². The van der Waals surface area contributed by atoms with E-state index in [4.69, 9.17) is 0 Å². The van der Waals surface area contributed by atoms with Gasteiger partial charge in [0, 0.05) is 32.0 Å². The Morgan fingerprint density at radius 1 is 1.22 bits per heavy atom.